The van der Waals surface area contributed by atoms with Gasteiger partial charge in [-0.25, -0.2) is 0 Å². The predicted molar refractivity (Wildman–Crippen MR) is 70.1 cm³/mol. The molecule has 2 N–H and O–H groups in total. The van der Waals surface area contributed by atoms with Gasteiger partial charge in [0, 0.05) is 12.2 Å². The number of halogens is 1. The first-order chi connectivity index (χ1) is 6.68. The van der Waals surface area contributed by atoms with E-state index in [0.29, 0.717) is 5.96 Å². The van der Waals surface area contributed by atoms with Crippen molar-refractivity contribution >= 4 is 28.6 Å². The zero-order chi connectivity index (χ0) is 10.1. The van der Waals surface area contributed by atoms with Crippen LogP contribution in [-0.4, -0.2) is 19.0 Å². The number of anilines is 1. The fraction of sp³-hybridized carbons (Fsp3) is 0.364. The lowest BCUT2D eigenvalue weighted by Gasteiger charge is -2.20. The summed E-state index contributed by atoms with van der Waals surface area (Å²) >= 11 is 0. The van der Waals surface area contributed by atoms with E-state index in [2.05, 4.69) is 41.9 Å². The van der Waals surface area contributed by atoms with Gasteiger partial charge in [-0.1, -0.05) is 17.7 Å². The molecular formula is C11H16BrN3. The molecule has 1 aliphatic heterocycles. The highest BCUT2D eigenvalue weighted by Gasteiger charge is 2.16. The highest BCUT2D eigenvalue weighted by molar-refractivity contribution is 8.93. The maximum atomic E-state index is 5.79. The lowest BCUT2D eigenvalue weighted by atomic mass is 10.1. The molecule has 0 aromatic heterocycles. The van der Waals surface area contributed by atoms with Crippen molar-refractivity contribution in [3.63, 3.8) is 0 Å². The summed E-state index contributed by atoms with van der Waals surface area (Å²) in [5.74, 6) is 0.636. The van der Waals surface area contributed by atoms with E-state index in [-0.39, 0.29) is 17.0 Å². The van der Waals surface area contributed by atoms with Gasteiger partial charge in [-0.2, -0.15) is 0 Å². The van der Waals surface area contributed by atoms with Gasteiger partial charge in [0.25, 0.3) is 0 Å². The summed E-state index contributed by atoms with van der Waals surface area (Å²) in [7, 11) is 0. The topological polar surface area (TPSA) is 41.6 Å². The summed E-state index contributed by atoms with van der Waals surface area (Å²) in [4.78, 5) is 6.24. The molecule has 1 heterocycles. The summed E-state index contributed by atoms with van der Waals surface area (Å²) in [6.45, 7) is 5.90. The number of nitrogens with zero attached hydrogens (tertiary/aromatic N) is 2. The van der Waals surface area contributed by atoms with Crippen LogP contribution in [0.2, 0.25) is 0 Å². The van der Waals surface area contributed by atoms with Gasteiger partial charge in [0.15, 0.2) is 5.96 Å². The van der Waals surface area contributed by atoms with Crippen LogP contribution in [0.5, 0.6) is 0 Å². The van der Waals surface area contributed by atoms with Gasteiger partial charge in [0.05, 0.1) is 6.54 Å². The number of aliphatic imine (C=N–C) groups is 1. The first-order valence-corrected chi connectivity index (χ1v) is 4.83. The Kier molecular flexibility index (Phi) is 3.74. The van der Waals surface area contributed by atoms with Gasteiger partial charge in [-0.05, 0) is 25.5 Å². The summed E-state index contributed by atoms with van der Waals surface area (Å²) in [5, 5.41) is 0. The Hall–Kier alpha value is -1.03. The number of aryl methyl sites for hydroxylation is 2. The van der Waals surface area contributed by atoms with Crippen molar-refractivity contribution in [3.05, 3.63) is 29.3 Å². The van der Waals surface area contributed by atoms with Crippen LogP contribution in [-0.2, 0) is 0 Å². The highest BCUT2D eigenvalue weighted by atomic mass is 79.9. The largest absolute Gasteiger partial charge is 0.370 e. The monoisotopic (exact) mass is 269 g/mol. The van der Waals surface area contributed by atoms with Gasteiger partial charge in [-0.3, -0.25) is 4.99 Å². The van der Waals surface area contributed by atoms with Crippen LogP contribution in [0.1, 0.15) is 11.1 Å². The molecule has 82 valence electrons. The molecule has 0 atom stereocenters. The van der Waals surface area contributed by atoms with E-state index in [4.69, 9.17) is 5.73 Å². The van der Waals surface area contributed by atoms with Crippen molar-refractivity contribution in [1.29, 1.82) is 0 Å². The van der Waals surface area contributed by atoms with Gasteiger partial charge < -0.3 is 10.6 Å². The van der Waals surface area contributed by atoms with Crippen molar-refractivity contribution in [3.8, 4) is 0 Å². The summed E-state index contributed by atoms with van der Waals surface area (Å²) in [6.07, 6.45) is 0. The second kappa shape index (κ2) is 4.66. The molecule has 0 saturated carbocycles. The molecule has 0 unspecified atom stereocenters. The molecule has 0 saturated heterocycles. The average Bonchev–Trinajstić information content (AvgIpc) is 2.52. The molecule has 0 aliphatic carbocycles. The van der Waals surface area contributed by atoms with Crippen LogP contribution in [0.25, 0.3) is 0 Å². The lowest BCUT2D eigenvalue weighted by molar-refractivity contribution is 1.01. The van der Waals surface area contributed by atoms with Crippen molar-refractivity contribution in [2.24, 2.45) is 10.7 Å². The number of guanidine groups is 1. The number of nitrogens with two attached hydrogens (primary N) is 1. The molecule has 0 amide bonds. The maximum Gasteiger partial charge on any atom is 0.195 e. The van der Waals surface area contributed by atoms with Crippen molar-refractivity contribution in [2.45, 2.75) is 13.8 Å². The number of hydrogen-bond donors (Lipinski definition) is 1. The maximum absolute atomic E-state index is 5.79. The summed E-state index contributed by atoms with van der Waals surface area (Å²) in [5.41, 5.74) is 9.50. The van der Waals surface area contributed by atoms with E-state index in [1.54, 1.807) is 0 Å². The van der Waals surface area contributed by atoms with Crippen LogP contribution >= 0.6 is 17.0 Å². The van der Waals surface area contributed by atoms with Crippen LogP contribution in [0, 0.1) is 13.8 Å². The third kappa shape index (κ3) is 2.31. The Morgan fingerprint density at radius 3 is 2.60 bits per heavy atom. The Balaban J connectivity index is 0.00000112. The zero-order valence-electron chi connectivity index (χ0n) is 9.03. The van der Waals surface area contributed by atoms with E-state index < -0.39 is 0 Å². The van der Waals surface area contributed by atoms with Gasteiger partial charge in [0.2, 0.25) is 0 Å². The minimum Gasteiger partial charge on any atom is -0.370 e. The first kappa shape index (κ1) is 12.0. The van der Waals surface area contributed by atoms with Gasteiger partial charge in [-0.15, -0.1) is 17.0 Å². The second-order valence-corrected chi connectivity index (χ2v) is 3.68. The lowest BCUT2D eigenvalue weighted by Crippen LogP contribution is -2.34. The fourth-order valence-electron chi connectivity index (χ4n) is 1.82. The molecule has 0 radical (unpaired) electrons. The number of hydrogen-bond acceptors (Lipinski definition) is 3. The molecule has 1 aliphatic rings. The molecule has 4 heteroatoms. The minimum atomic E-state index is 0. The van der Waals surface area contributed by atoms with Crippen LogP contribution in [0.15, 0.2) is 23.2 Å². The summed E-state index contributed by atoms with van der Waals surface area (Å²) in [6, 6.07) is 6.38. The van der Waals surface area contributed by atoms with Crippen molar-refractivity contribution in [2.75, 3.05) is 18.0 Å². The molecule has 2 rings (SSSR count). The predicted octanol–water partition coefficient (Wildman–Crippen LogP) is 2.02. The fourth-order valence-corrected chi connectivity index (χ4v) is 1.82. The van der Waals surface area contributed by atoms with E-state index in [1.165, 1.54) is 16.8 Å². The average molecular weight is 270 g/mol. The first-order valence-electron chi connectivity index (χ1n) is 4.83. The van der Waals surface area contributed by atoms with Crippen LogP contribution in [0.4, 0.5) is 5.69 Å². The van der Waals surface area contributed by atoms with Crippen molar-refractivity contribution < 1.29 is 0 Å². The standard InChI is InChI=1S/C11H15N3.BrH/c1-8-3-4-10(9(2)7-8)14-6-5-13-11(14)12;/h3-4,7H,5-6H2,1-2H3,(H2,12,13);1H. The molecule has 0 bridgehead atoms. The Morgan fingerprint density at radius 2 is 2.07 bits per heavy atom. The zero-order valence-corrected chi connectivity index (χ0v) is 10.7. The van der Waals surface area contributed by atoms with Gasteiger partial charge in [0.1, 0.15) is 0 Å². The van der Waals surface area contributed by atoms with Gasteiger partial charge >= 0.3 is 0 Å². The summed E-state index contributed by atoms with van der Waals surface area (Å²) < 4.78 is 0. The molecule has 1 aromatic carbocycles. The smallest absolute Gasteiger partial charge is 0.195 e. The molecule has 15 heavy (non-hydrogen) atoms. The minimum absolute atomic E-state index is 0. The normalized spacial score (nSPS) is 14.8. The van der Waals surface area contributed by atoms with Crippen LogP contribution in [0.3, 0.4) is 0 Å². The molecule has 3 nitrogen and oxygen atoms in total. The van der Waals surface area contributed by atoms with E-state index in [1.807, 2.05) is 0 Å². The third-order valence-electron chi connectivity index (χ3n) is 2.52. The molecule has 0 spiro atoms. The Morgan fingerprint density at radius 1 is 1.33 bits per heavy atom. The second-order valence-electron chi connectivity index (χ2n) is 3.68. The number of rotatable bonds is 1. The highest BCUT2D eigenvalue weighted by Crippen LogP contribution is 2.22. The SMILES string of the molecule is Br.Cc1ccc(N2CCN=C2N)c(C)c1. The third-order valence-corrected chi connectivity index (χ3v) is 2.52. The molecule has 1 aromatic rings. The van der Waals surface area contributed by atoms with E-state index >= 15 is 0 Å². The quantitative estimate of drug-likeness (QED) is 0.848. The van der Waals surface area contributed by atoms with E-state index in [9.17, 15) is 0 Å². The molecule has 0 fully saturated rings. The number of benzene rings is 1. The molecular weight excluding hydrogens is 254 g/mol. The van der Waals surface area contributed by atoms with Crippen LogP contribution < -0.4 is 10.6 Å². The Labute approximate surface area is 101 Å². The Bertz CT molecular complexity index is 387. The van der Waals surface area contributed by atoms with E-state index in [0.717, 1.165) is 13.1 Å². The van der Waals surface area contributed by atoms with Crippen molar-refractivity contribution in [1.82, 2.24) is 0 Å².